The van der Waals surface area contributed by atoms with Gasteiger partial charge in [0.2, 0.25) is 0 Å². The molecule has 0 bridgehead atoms. The zero-order chi connectivity index (χ0) is 19.8. The molecule has 0 radical (unpaired) electrons. The maximum atomic E-state index is 5.81. The van der Waals surface area contributed by atoms with Gasteiger partial charge < -0.3 is 15.2 Å². The zero-order valence-corrected chi connectivity index (χ0v) is 19.1. The lowest BCUT2D eigenvalue weighted by Gasteiger charge is -2.28. The number of halogens is 1. The van der Waals surface area contributed by atoms with Crippen LogP contribution in [0.4, 0.5) is 5.69 Å². The number of aromatic amines is 1. The fraction of sp³-hybridized carbons (Fsp3) is 0.273. The first-order valence-electron chi connectivity index (χ1n) is 9.45. The van der Waals surface area contributed by atoms with Gasteiger partial charge in [-0.05, 0) is 84.9 Å². The third kappa shape index (κ3) is 3.33. The van der Waals surface area contributed by atoms with Crippen molar-refractivity contribution >= 4 is 45.6 Å². The van der Waals surface area contributed by atoms with E-state index in [-0.39, 0.29) is 12.1 Å². The highest BCUT2D eigenvalue weighted by Crippen LogP contribution is 2.44. The molecule has 28 heavy (non-hydrogen) atoms. The molecule has 0 saturated carbocycles. The summed E-state index contributed by atoms with van der Waals surface area (Å²) in [6.45, 7) is 6.43. The number of rotatable bonds is 4. The molecule has 1 fully saturated rings. The minimum Gasteiger partial charge on any atom is -0.362 e. The monoisotopic (exact) mass is 502 g/mol. The second-order valence-corrected chi connectivity index (χ2v) is 8.58. The molecule has 6 heteroatoms. The summed E-state index contributed by atoms with van der Waals surface area (Å²) in [5.74, 6) is 0. The van der Waals surface area contributed by atoms with Crippen molar-refractivity contribution in [2.75, 3.05) is 4.90 Å². The maximum absolute atomic E-state index is 5.81. The van der Waals surface area contributed by atoms with Crippen LogP contribution in [0.15, 0.2) is 48.7 Å². The number of thiocarbonyl (C=S) groups is 1. The molecule has 2 N–H and O–H groups in total. The van der Waals surface area contributed by atoms with Crippen LogP contribution in [0, 0.1) is 17.4 Å². The first kappa shape index (κ1) is 19.4. The normalized spacial score (nSPS) is 19.1. The van der Waals surface area contributed by atoms with E-state index >= 15 is 0 Å². The number of hydrogen-bond donors (Lipinski definition) is 2. The summed E-state index contributed by atoms with van der Waals surface area (Å²) in [7, 11) is 0. The highest BCUT2D eigenvalue weighted by molar-refractivity contribution is 14.1. The Balaban J connectivity index is 1.87. The Morgan fingerprint density at radius 3 is 2.43 bits per heavy atom. The van der Waals surface area contributed by atoms with Crippen molar-refractivity contribution in [1.29, 1.82) is 0 Å². The van der Waals surface area contributed by atoms with Gasteiger partial charge >= 0.3 is 0 Å². The number of H-pyrrole nitrogens is 1. The maximum Gasteiger partial charge on any atom is 0.174 e. The third-order valence-corrected chi connectivity index (χ3v) is 7.07. The minimum atomic E-state index is -0.0121. The van der Waals surface area contributed by atoms with Gasteiger partial charge in [-0.15, -0.1) is 0 Å². The van der Waals surface area contributed by atoms with E-state index in [1.807, 2.05) is 18.3 Å². The molecule has 1 aliphatic rings. The van der Waals surface area contributed by atoms with E-state index < -0.39 is 0 Å². The van der Waals surface area contributed by atoms with Crippen LogP contribution < -0.4 is 10.2 Å². The zero-order valence-electron chi connectivity index (χ0n) is 16.2. The van der Waals surface area contributed by atoms with Gasteiger partial charge in [-0.3, -0.25) is 4.98 Å². The first-order valence-corrected chi connectivity index (χ1v) is 10.9. The lowest BCUT2D eigenvalue weighted by molar-refractivity contribution is 0.564. The molecule has 3 heterocycles. The van der Waals surface area contributed by atoms with Crippen LogP contribution in [0.3, 0.4) is 0 Å². The first-order chi connectivity index (χ1) is 13.5. The summed E-state index contributed by atoms with van der Waals surface area (Å²) in [6, 6.07) is 14.8. The topological polar surface area (TPSA) is 44.0 Å². The molecule has 4 rings (SSSR count). The Labute approximate surface area is 184 Å². The predicted octanol–water partition coefficient (Wildman–Crippen LogP) is 5.37. The molecule has 2 atom stereocenters. The lowest BCUT2D eigenvalue weighted by Crippen LogP contribution is -2.29. The Morgan fingerprint density at radius 1 is 1.11 bits per heavy atom. The molecular formula is C22H23IN4S. The van der Waals surface area contributed by atoms with Crippen molar-refractivity contribution in [3.63, 3.8) is 0 Å². The van der Waals surface area contributed by atoms with Crippen LogP contribution in [0.2, 0.25) is 0 Å². The Bertz CT molecular complexity index is 997. The van der Waals surface area contributed by atoms with Crippen molar-refractivity contribution in [2.24, 2.45) is 0 Å². The van der Waals surface area contributed by atoms with Crippen LogP contribution in [0.1, 0.15) is 47.2 Å². The fourth-order valence-corrected chi connectivity index (χ4v) is 5.14. The molecule has 3 aromatic rings. The Morgan fingerprint density at radius 2 is 1.86 bits per heavy atom. The van der Waals surface area contributed by atoms with Gasteiger partial charge in [-0.1, -0.05) is 25.1 Å². The number of nitrogens with zero attached hydrogens (tertiary/aromatic N) is 2. The Hall–Kier alpha value is -1.93. The SMILES string of the molecule is CCc1ccc(N2C(=S)N[C@@H](c3ccccn3)[C@H]2c2c(C)[nH]c(C)c2I)cc1. The van der Waals surface area contributed by atoms with Crippen molar-refractivity contribution in [2.45, 2.75) is 39.3 Å². The number of nitrogens with one attached hydrogen (secondary N) is 2. The summed E-state index contributed by atoms with van der Waals surface area (Å²) < 4.78 is 1.25. The minimum absolute atomic E-state index is 0.0121. The third-order valence-electron chi connectivity index (χ3n) is 5.36. The summed E-state index contributed by atoms with van der Waals surface area (Å²) >= 11 is 8.25. The van der Waals surface area contributed by atoms with E-state index in [9.17, 15) is 0 Å². The molecule has 144 valence electrons. The number of aromatic nitrogens is 2. The summed E-state index contributed by atoms with van der Waals surface area (Å²) in [5, 5.41) is 4.27. The van der Waals surface area contributed by atoms with E-state index in [0.717, 1.165) is 22.9 Å². The van der Waals surface area contributed by atoms with E-state index in [2.05, 4.69) is 93.9 Å². The molecule has 0 unspecified atom stereocenters. The van der Waals surface area contributed by atoms with E-state index in [4.69, 9.17) is 12.2 Å². The lowest BCUT2D eigenvalue weighted by atomic mass is 9.96. The summed E-state index contributed by atoms with van der Waals surface area (Å²) in [6.07, 6.45) is 2.87. The number of benzene rings is 1. The van der Waals surface area contributed by atoms with Crippen molar-refractivity contribution in [3.8, 4) is 0 Å². The molecule has 2 aromatic heterocycles. The molecule has 0 spiro atoms. The van der Waals surface area contributed by atoms with E-state index in [1.54, 1.807) is 0 Å². The average molecular weight is 502 g/mol. The Kier molecular flexibility index (Phi) is 5.42. The van der Waals surface area contributed by atoms with Gasteiger partial charge in [0.25, 0.3) is 0 Å². The summed E-state index contributed by atoms with van der Waals surface area (Å²) in [5.41, 5.74) is 7.06. The molecule has 1 aliphatic heterocycles. The number of aryl methyl sites for hydroxylation is 3. The highest BCUT2D eigenvalue weighted by atomic mass is 127. The smallest absolute Gasteiger partial charge is 0.174 e. The highest BCUT2D eigenvalue weighted by Gasteiger charge is 2.42. The van der Waals surface area contributed by atoms with Gasteiger partial charge in [-0.2, -0.15) is 0 Å². The summed E-state index contributed by atoms with van der Waals surface area (Å²) in [4.78, 5) is 10.4. The number of pyridine rings is 1. The quantitative estimate of drug-likeness (QED) is 0.372. The van der Waals surface area contributed by atoms with Crippen LogP contribution in [-0.2, 0) is 6.42 Å². The van der Waals surface area contributed by atoms with Gasteiger partial charge in [0.1, 0.15) is 0 Å². The van der Waals surface area contributed by atoms with Gasteiger partial charge in [0.05, 0.1) is 17.8 Å². The number of hydrogen-bond acceptors (Lipinski definition) is 2. The van der Waals surface area contributed by atoms with E-state index in [1.165, 1.54) is 26.1 Å². The molecule has 1 aromatic carbocycles. The van der Waals surface area contributed by atoms with Gasteiger partial charge in [0, 0.05) is 32.4 Å². The molecule has 0 amide bonds. The van der Waals surface area contributed by atoms with Crippen LogP contribution in [-0.4, -0.2) is 15.1 Å². The fourth-order valence-electron chi connectivity index (χ4n) is 3.94. The van der Waals surface area contributed by atoms with Gasteiger partial charge in [0.15, 0.2) is 5.11 Å². The molecule has 1 saturated heterocycles. The largest absolute Gasteiger partial charge is 0.362 e. The molecule has 0 aliphatic carbocycles. The van der Waals surface area contributed by atoms with Gasteiger partial charge in [-0.25, -0.2) is 0 Å². The van der Waals surface area contributed by atoms with Crippen LogP contribution in [0.5, 0.6) is 0 Å². The van der Waals surface area contributed by atoms with Crippen molar-refractivity contribution < 1.29 is 0 Å². The molecular weight excluding hydrogens is 479 g/mol. The second kappa shape index (κ2) is 7.83. The van der Waals surface area contributed by atoms with Crippen molar-refractivity contribution in [3.05, 3.63) is 80.4 Å². The van der Waals surface area contributed by atoms with Crippen LogP contribution >= 0.6 is 34.8 Å². The average Bonchev–Trinajstić information content (AvgIpc) is 3.17. The predicted molar refractivity (Wildman–Crippen MR) is 127 cm³/mol. The second-order valence-electron chi connectivity index (χ2n) is 7.12. The standard InChI is InChI=1S/C22H23IN4S/c1-4-15-8-10-16(11-9-15)27-21(18-13(2)25-14(3)19(18)23)20(26-22(27)28)17-7-5-6-12-24-17/h5-12,20-21,25H,4H2,1-3H3,(H,26,28)/t20-,21+/m0/s1. The number of anilines is 1. The van der Waals surface area contributed by atoms with Crippen molar-refractivity contribution in [1.82, 2.24) is 15.3 Å². The van der Waals surface area contributed by atoms with Crippen LogP contribution in [0.25, 0.3) is 0 Å². The molecule has 4 nitrogen and oxygen atoms in total. The van der Waals surface area contributed by atoms with E-state index in [0.29, 0.717) is 0 Å².